The Balaban J connectivity index is 1.63. The van der Waals surface area contributed by atoms with Crippen LogP contribution >= 0.6 is 15.9 Å². The summed E-state index contributed by atoms with van der Waals surface area (Å²) in [5.41, 5.74) is 0. The third-order valence-corrected chi connectivity index (χ3v) is 2.65. The van der Waals surface area contributed by atoms with Crippen molar-refractivity contribution in [2.45, 2.75) is 6.42 Å². The molecular formula is C13H14BrN3O. The van der Waals surface area contributed by atoms with Crippen LogP contribution in [0.1, 0.15) is 6.42 Å². The zero-order valence-electron chi connectivity index (χ0n) is 9.84. The molecule has 1 heterocycles. The maximum atomic E-state index is 5.57. The van der Waals surface area contributed by atoms with Crippen LogP contribution in [0.15, 0.2) is 47.2 Å². The van der Waals surface area contributed by atoms with E-state index in [0.29, 0.717) is 12.6 Å². The van der Waals surface area contributed by atoms with E-state index < -0.39 is 0 Å². The second kappa shape index (κ2) is 6.96. The first-order chi connectivity index (χ1) is 8.84. The first-order valence-electron chi connectivity index (χ1n) is 5.74. The van der Waals surface area contributed by atoms with Crippen molar-refractivity contribution in [3.05, 3.63) is 47.2 Å². The van der Waals surface area contributed by atoms with Gasteiger partial charge in [-0.3, -0.25) is 0 Å². The third-order valence-electron chi connectivity index (χ3n) is 2.24. The summed E-state index contributed by atoms with van der Waals surface area (Å²) >= 11 is 3.29. The number of hydrogen-bond acceptors (Lipinski definition) is 4. The number of aromatic nitrogens is 2. The number of para-hydroxylation sites is 1. The molecule has 5 heteroatoms. The fraction of sp³-hybridized carbons (Fsp3) is 0.231. The van der Waals surface area contributed by atoms with Crippen molar-refractivity contribution in [3.63, 3.8) is 0 Å². The number of ether oxygens (including phenoxy) is 1. The molecule has 1 aromatic heterocycles. The lowest BCUT2D eigenvalue weighted by Crippen LogP contribution is -2.09. The fourth-order valence-corrected chi connectivity index (χ4v) is 1.59. The fourth-order valence-electron chi connectivity index (χ4n) is 1.38. The highest BCUT2D eigenvalue weighted by atomic mass is 79.9. The molecule has 0 amide bonds. The molecule has 18 heavy (non-hydrogen) atoms. The Kier molecular flexibility index (Phi) is 4.96. The molecule has 0 aliphatic heterocycles. The number of halogens is 1. The van der Waals surface area contributed by atoms with Crippen molar-refractivity contribution in [3.8, 4) is 5.75 Å². The molecule has 0 radical (unpaired) electrons. The third kappa shape index (κ3) is 4.33. The maximum absolute atomic E-state index is 5.57. The van der Waals surface area contributed by atoms with E-state index >= 15 is 0 Å². The van der Waals surface area contributed by atoms with E-state index in [1.54, 1.807) is 12.4 Å². The minimum atomic E-state index is 0.637. The second-order valence-electron chi connectivity index (χ2n) is 3.67. The molecule has 0 aliphatic rings. The molecule has 2 aromatic rings. The second-order valence-corrected chi connectivity index (χ2v) is 4.58. The topological polar surface area (TPSA) is 47.0 Å². The summed E-state index contributed by atoms with van der Waals surface area (Å²) in [5, 5.41) is 3.14. The van der Waals surface area contributed by atoms with Crippen LogP contribution in [0.4, 0.5) is 5.95 Å². The number of benzene rings is 1. The van der Waals surface area contributed by atoms with Crippen LogP contribution in [0.2, 0.25) is 0 Å². The van der Waals surface area contributed by atoms with Gasteiger partial charge in [-0.25, -0.2) is 9.97 Å². The molecule has 1 aromatic carbocycles. The van der Waals surface area contributed by atoms with E-state index in [9.17, 15) is 0 Å². The van der Waals surface area contributed by atoms with E-state index in [1.165, 1.54) is 0 Å². The average molecular weight is 308 g/mol. The Morgan fingerprint density at radius 2 is 1.83 bits per heavy atom. The van der Waals surface area contributed by atoms with E-state index in [4.69, 9.17) is 4.74 Å². The van der Waals surface area contributed by atoms with Gasteiger partial charge in [-0.1, -0.05) is 18.2 Å². The predicted molar refractivity (Wildman–Crippen MR) is 74.8 cm³/mol. The van der Waals surface area contributed by atoms with Gasteiger partial charge in [-0.15, -0.1) is 0 Å². The summed E-state index contributed by atoms with van der Waals surface area (Å²) < 4.78 is 6.45. The van der Waals surface area contributed by atoms with Crippen molar-refractivity contribution >= 4 is 21.9 Å². The zero-order chi connectivity index (χ0) is 12.6. The van der Waals surface area contributed by atoms with Crippen molar-refractivity contribution in [1.29, 1.82) is 0 Å². The summed E-state index contributed by atoms with van der Waals surface area (Å²) in [5.74, 6) is 1.54. The van der Waals surface area contributed by atoms with E-state index in [1.807, 2.05) is 30.3 Å². The molecular weight excluding hydrogens is 294 g/mol. The molecule has 1 N–H and O–H groups in total. The van der Waals surface area contributed by atoms with Gasteiger partial charge < -0.3 is 10.1 Å². The van der Waals surface area contributed by atoms with Gasteiger partial charge >= 0.3 is 0 Å². The van der Waals surface area contributed by atoms with Gasteiger partial charge in [0.15, 0.2) is 0 Å². The highest BCUT2D eigenvalue weighted by molar-refractivity contribution is 9.10. The Morgan fingerprint density at radius 1 is 1.11 bits per heavy atom. The van der Waals surface area contributed by atoms with Crippen LogP contribution in [0.3, 0.4) is 0 Å². The largest absolute Gasteiger partial charge is 0.494 e. The minimum Gasteiger partial charge on any atom is -0.494 e. The van der Waals surface area contributed by atoms with E-state index in [-0.39, 0.29) is 0 Å². The Hall–Kier alpha value is -1.62. The zero-order valence-corrected chi connectivity index (χ0v) is 11.4. The van der Waals surface area contributed by atoms with Gasteiger partial charge in [0.05, 0.1) is 11.1 Å². The molecule has 0 atom stereocenters. The molecule has 0 bridgehead atoms. The summed E-state index contributed by atoms with van der Waals surface area (Å²) in [6.45, 7) is 1.46. The number of rotatable bonds is 6. The van der Waals surface area contributed by atoms with Gasteiger partial charge in [-0.05, 0) is 34.5 Å². The lowest BCUT2D eigenvalue weighted by Gasteiger charge is -2.06. The SMILES string of the molecule is Brc1cnc(NCCCOc2ccccc2)nc1. The van der Waals surface area contributed by atoms with Crippen molar-refractivity contribution < 1.29 is 4.74 Å². The van der Waals surface area contributed by atoms with E-state index in [2.05, 4.69) is 31.2 Å². The number of nitrogens with zero attached hydrogens (tertiary/aromatic N) is 2. The number of nitrogens with one attached hydrogen (secondary N) is 1. The van der Waals surface area contributed by atoms with Gasteiger partial charge in [0, 0.05) is 18.9 Å². The summed E-state index contributed by atoms with van der Waals surface area (Å²) in [6, 6.07) is 9.79. The Labute approximate surface area is 115 Å². The Bertz CT molecular complexity index is 461. The highest BCUT2D eigenvalue weighted by Crippen LogP contribution is 2.09. The lowest BCUT2D eigenvalue weighted by atomic mass is 10.3. The molecule has 0 spiro atoms. The van der Waals surface area contributed by atoms with Gasteiger partial charge in [0.25, 0.3) is 0 Å². The first kappa shape index (κ1) is 12.8. The van der Waals surface area contributed by atoms with Crippen LogP contribution in [0, 0.1) is 0 Å². The molecule has 0 fully saturated rings. The molecule has 0 saturated carbocycles. The molecule has 2 rings (SSSR count). The monoisotopic (exact) mass is 307 g/mol. The van der Waals surface area contributed by atoms with Crippen LogP contribution in [0.5, 0.6) is 5.75 Å². The molecule has 0 saturated heterocycles. The van der Waals surface area contributed by atoms with Gasteiger partial charge in [0.1, 0.15) is 5.75 Å². The Morgan fingerprint density at radius 3 is 2.56 bits per heavy atom. The lowest BCUT2D eigenvalue weighted by molar-refractivity contribution is 0.315. The van der Waals surface area contributed by atoms with Gasteiger partial charge in [0.2, 0.25) is 5.95 Å². The number of anilines is 1. The summed E-state index contributed by atoms with van der Waals surface area (Å²) in [4.78, 5) is 8.25. The van der Waals surface area contributed by atoms with Crippen LogP contribution in [-0.2, 0) is 0 Å². The summed E-state index contributed by atoms with van der Waals surface area (Å²) in [7, 11) is 0. The highest BCUT2D eigenvalue weighted by Gasteiger charge is 1.95. The standard InChI is InChI=1S/C13H14BrN3O/c14-11-9-16-13(17-10-11)15-7-4-8-18-12-5-2-1-3-6-12/h1-3,5-6,9-10H,4,7-8H2,(H,15,16,17). The molecule has 0 aliphatic carbocycles. The van der Waals surface area contributed by atoms with Gasteiger partial charge in [-0.2, -0.15) is 0 Å². The maximum Gasteiger partial charge on any atom is 0.222 e. The number of hydrogen-bond donors (Lipinski definition) is 1. The van der Waals surface area contributed by atoms with Crippen LogP contribution in [0.25, 0.3) is 0 Å². The van der Waals surface area contributed by atoms with Crippen molar-refractivity contribution in [1.82, 2.24) is 9.97 Å². The quantitative estimate of drug-likeness (QED) is 0.833. The average Bonchev–Trinajstić information content (AvgIpc) is 2.42. The normalized spacial score (nSPS) is 10.1. The molecule has 0 unspecified atom stereocenters. The van der Waals surface area contributed by atoms with E-state index in [0.717, 1.165) is 23.2 Å². The predicted octanol–water partition coefficient (Wildman–Crippen LogP) is 3.12. The summed E-state index contributed by atoms with van der Waals surface area (Å²) in [6.07, 6.45) is 4.33. The molecule has 94 valence electrons. The van der Waals surface area contributed by atoms with Crippen molar-refractivity contribution in [2.24, 2.45) is 0 Å². The molecule has 4 nitrogen and oxygen atoms in total. The van der Waals surface area contributed by atoms with Crippen LogP contribution < -0.4 is 10.1 Å². The first-order valence-corrected chi connectivity index (χ1v) is 6.53. The minimum absolute atomic E-state index is 0.637. The smallest absolute Gasteiger partial charge is 0.222 e. The van der Waals surface area contributed by atoms with Crippen LogP contribution in [-0.4, -0.2) is 23.1 Å². The van der Waals surface area contributed by atoms with Crippen molar-refractivity contribution in [2.75, 3.05) is 18.5 Å².